The van der Waals surface area contributed by atoms with Crippen LogP contribution in [0.2, 0.25) is 0 Å². The van der Waals surface area contributed by atoms with Gasteiger partial charge in [-0.05, 0) is 36.8 Å². The van der Waals surface area contributed by atoms with E-state index in [2.05, 4.69) is 19.2 Å². The molecule has 1 aromatic carbocycles. The summed E-state index contributed by atoms with van der Waals surface area (Å²) in [6, 6.07) is 7.29. The Morgan fingerprint density at radius 3 is 2.69 bits per heavy atom. The van der Waals surface area contributed by atoms with Gasteiger partial charge in [0.1, 0.15) is 5.75 Å². The molecule has 0 bridgehead atoms. The molecule has 6 nitrogen and oxygen atoms in total. The zero-order valence-corrected chi connectivity index (χ0v) is 16.2. The molecule has 2 amide bonds. The van der Waals surface area contributed by atoms with Crippen LogP contribution in [0.1, 0.15) is 33.1 Å². The highest BCUT2D eigenvalue weighted by Gasteiger charge is 2.35. The number of halogens is 1. The summed E-state index contributed by atoms with van der Waals surface area (Å²) in [6.07, 6.45) is 2.74. The minimum Gasteiger partial charge on any atom is -0.484 e. The Morgan fingerprint density at radius 1 is 1.31 bits per heavy atom. The fourth-order valence-electron chi connectivity index (χ4n) is 3.08. The van der Waals surface area contributed by atoms with Crippen molar-refractivity contribution in [2.75, 3.05) is 25.0 Å². The van der Waals surface area contributed by atoms with E-state index in [-0.39, 0.29) is 48.2 Å². The first-order chi connectivity index (χ1) is 11.8. The van der Waals surface area contributed by atoms with Crippen LogP contribution in [0.5, 0.6) is 5.75 Å². The third kappa shape index (κ3) is 5.11. The standard InChI is InChI=1S/C19H27N3O3.ClH/c1-19(2)12-22(9-8-16(19)20)17(23)11-25-15-5-3-4-14(10-15)21-18(24)13-6-7-13;/h3-5,10,13,16H,6-9,11-12,20H2,1-2H3,(H,21,24);1H. The summed E-state index contributed by atoms with van der Waals surface area (Å²) in [5, 5.41) is 2.88. The molecule has 0 radical (unpaired) electrons. The number of nitrogens with one attached hydrogen (secondary N) is 1. The number of rotatable bonds is 5. The fraction of sp³-hybridized carbons (Fsp3) is 0.579. The molecule has 1 aliphatic carbocycles. The number of nitrogens with zero attached hydrogens (tertiary/aromatic N) is 1. The second-order valence-corrected chi connectivity index (χ2v) is 7.78. The molecule has 3 N–H and O–H groups in total. The topological polar surface area (TPSA) is 84.7 Å². The molecule has 1 atom stereocenters. The van der Waals surface area contributed by atoms with Crippen LogP contribution >= 0.6 is 12.4 Å². The Labute approximate surface area is 160 Å². The molecule has 1 aromatic rings. The number of carbonyl (C=O) groups is 2. The zero-order valence-electron chi connectivity index (χ0n) is 15.4. The van der Waals surface area contributed by atoms with Gasteiger partial charge in [0.25, 0.3) is 5.91 Å². The number of likely N-dealkylation sites (tertiary alicyclic amines) is 1. The summed E-state index contributed by atoms with van der Waals surface area (Å²) in [5.41, 5.74) is 6.74. The van der Waals surface area contributed by atoms with Crippen LogP contribution in [0.3, 0.4) is 0 Å². The molecule has 1 saturated heterocycles. The van der Waals surface area contributed by atoms with Crippen molar-refractivity contribution in [3.05, 3.63) is 24.3 Å². The van der Waals surface area contributed by atoms with Crippen molar-refractivity contribution in [2.24, 2.45) is 17.1 Å². The van der Waals surface area contributed by atoms with Gasteiger partial charge in [0.05, 0.1) is 0 Å². The molecule has 2 fully saturated rings. The van der Waals surface area contributed by atoms with E-state index in [9.17, 15) is 9.59 Å². The van der Waals surface area contributed by atoms with Crippen LogP contribution < -0.4 is 15.8 Å². The number of amides is 2. The van der Waals surface area contributed by atoms with Gasteiger partial charge in [0.2, 0.25) is 5.91 Å². The molecule has 26 heavy (non-hydrogen) atoms. The number of hydrogen-bond acceptors (Lipinski definition) is 4. The molecule has 7 heteroatoms. The molecule has 3 rings (SSSR count). The van der Waals surface area contributed by atoms with E-state index in [0.717, 1.165) is 19.3 Å². The first kappa shape index (κ1) is 20.5. The van der Waals surface area contributed by atoms with Crippen LogP contribution in [0.25, 0.3) is 0 Å². The largest absolute Gasteiger partial charge is 0.484 e. The maximum atomic E-state index is 12.4. The summed E-state index contributed by atoms with van der Waals surface area (Å²) in [4.78, 5) is 26.1. The monoisotopic (exact) mass is 381 g/mol. The lowest BCUT2D eigenvalue weighted by molar-refractivity contribution is -0.136. The van der Waals surface area contributed by atoms with E-state index < -0.39 is 0 Å². The molecule has 1 saturated carbocycles. The van der Waals surface area contributed by atoms with Crippen LogP contribution in [-0.4, -0.2) is 42.5 Å². The maximum Gasteiger partial charge on any atom is 0.260 e. The third-order valence-electron chi connectivity index (χ3n) is 5.08. The van der Waals surface area contributed by atoms with E-state index in [0.29, 0.717) is 24.5 Å². The fourth-order valence-corrected chi connectivity index (χ4v) is 3.08. The lowest BCUT2D eigenvalue weighted by atomic mass is 9.80. The van der Waals surface area contributed by atoms with Gasteiger partial charge in [-0.1, -0.05) is 19.9 Å². The second-order valence-electron chi connectivity index (χ2n) is 7.78. The number of benzene rings is 1. The molecule has 1 unspecified atom stereocenters. The molecule has 1 aliphatic heterocycles. The Balaban J connectivity index is 0.00000243. The van der Waals surface area contributed by atoms with Gasteiger partial charge in [-0.15, -0.1) is 12.4 Å². The lowest BCUT2D eigenvalue weighted by Gasteiger charge is -2.42. The first-order valence-corrected chi connectivity index (χ1v) is 8.92. The number of carbonyl (C=O) groups excluding carboxylic acids is 2. The minimum absolute atomic E-state index is 0. The van der Waals surface area contributed by atoms with Gasteiger partial charge in [-0.2, -0.15) is 0 Å². The summed E-state index contributed by atoms with van der Waals surface area (Å²) in [5.74, 6) is 0.752. The normalized spacial score (nSPS) is 21.5. The van der Waals surface area contributed by atoms with E-state index in [1.807, 2.05) is 17.0 Å². The Hall–Kier alpha value is -1.79. The summed E-state index contributed by atoms with van der Waals surface area (Å²) < 4.78 is 5.64. The molecular formula is C19H28ClN3O3. The first-order valence-electron chi connectivity index (χ1n) is 8.92. The zero-order chi connectivity index (χ0) is 18.0. The average Bonchev–Trinajstić information content (AvgIpc) is 3.40. The van der Waals surface area contributed by atoms with Crippen LogP contribution in [0.15, 0.2) is 24.3 Å². The van der Waals surface area contributed by atoms with Gasteiger partial charge in [0, 0.05) is 36.8 Å². The Morgan fingerprint density at radius 2 is 2.04 bits per heavy atom. The summed E-state index contributed by atoms with van der Waals surface area (Å²) >= 11 is 0. The molecular weight excluding hydrogens is 354 g/mol. The number of ether oxygens (including phenoxy) is 1. The third-order valence-corrected chi connectivity index (χ3v) is 5.08. The van der Waals surface area contributed by atoms with Crippen LogP contribution in [0, 0.1) is 11.3 Å². The predicted octanol–water partition coefficient (Wildman–Crippen LogP) is 2.42. The van der Waals surface area contributed by atoms with Crippen molar-refractivity contribution in [3.8, 4) is 5.75 Å². The van der Waals surface area contributed by atoms with Crippen molar-refractivity contribution in [2.45, 2.75) is 39.2 Å². The maximum absolute atomic E-state index is 12.4. The van der Waals surface area contributed by atoms with E-state index in [1.54, 1.807) is 12.1 Å². The number of piperidine rings is 1. The van der Waals surface area contributed by atoms with E-state index in [4.69, 9.17) is 10.5 Å². The minimum atomic E-state index is -0.0824. The van der Waals surface area contributed by atoms with Crippen LogP contribution in [-0.2, 0) is 9.59 Å². The lowest BCUT2D eigenvalue weighted by Crippen LogP contribution is -2.54. The molecule has 0 aromatic heterocycles. The van der Waals surface area contributed by atoms with Crippen LogP contribution in [0.4, 0.5) is 5.69 Å². The molecule has 1 heterocycles. The second kappa shape index (κ2) is 8.27. The van der Waals surface area contributed by atoms with Gasteiger partial charge >= 0.3 is 0 Å². The van der Waals surface area contributed by atoms with Crippen molar-refractivity contribution in [1.29, 1.82) is 0 Å². The van der Waals surface area contributed by atoms with E-state index in [1.165, 1.54) is 0 Å². The van der Waals surface area contributed by atoms with Crippen molar-refractivity contribution < 1.29 is 14.3 Å². The smallest absolute Gasteiger partial charge is 0.260 e. The molecule has 2 aliphatic rings. The summed E-state index contributed by atoms with van der Waals surface area (Å²) in [7, 11) is 0. The van der Waals surface area contributed by atoms with Crippen molar-refractivity contribution >= 4 is 29.9 Å². The van der Waals surface area contributed by atoms with Gasteiger partial charge in [-0.25, -0.2) is 0 Å². The molecule has 0 spiro atoms. The average molecular weight is 382 g/mol. The highest BCUT2D eigenvalue weighted by Crippen LogP contribution is 2.31. The summed E-state index contributed by atoms with van der Waals surface area (Å²) in [6.45, 7) is 5.48. The number of hydrogen-bond donors (Lipinski definition) is 2. The van der Waals surface area contributed by atoms with Gasteiger partial charge in [-0.3, -0.25) is 9.59 Å². The van der Waals surface area contributed by atoms with Gasteiger partial charge < -0.3 is 20.7 Å². The van der Waals surface area contributed by atoms with E-state index >= 15 is 0 Å². The van der Waals surface area contributed by atoms with Crippen molar-refractivity contribution in [3.63, 3.8) is 0 Å². The predicted molar refractivity (Wildman–Crippen MR) is 103 cm³/mol. The van der Waals surface area contributed by atoms with Crippen molar-refractivity contribution in [1.82, 2.24) is 4.90 Å². The highest BCUT2D eigenvalue weighted by atomic mass is 35.5. The Bertz CT molecular complexity index is 661. The number of anilines is 1. The molecule has 144 valence electrons. The SMILES string of the molecule is CC1(C)CN(C(=O)COc2cccc(NC(=O)C3CC3)c2)CCC1N.Cl. The number of nitrogens with two attached hydrogens (primary N) is 1. The Kier molecular flexibility index (Phi) is 6.53. The highest BCUT2D eigenvalue weighted by molar-refractivity contribution is 5.94. The quantitative estimate of drug-likeness (QED) is 0.820. The van der Waals surface area contributed by atoms with Gasteiger partial charge in [0.15, 0.2) is 6.61 Å².